The molecule has 1 atom stereocenters. The first-order valence-corrected chi connectivity index (χ1v) is 37.7. The van der Waals surface area contributed by atoms with Crippen molar-refractivity contribution in [3.63, 3.8) is 0 Å². The average Bonchev–Trinajstić information content (AvgIpc) is 3.47. The Morgan fingerprint density at radius 2 is 0.402 bits per heavy atom. The molecule has 0 aliphatic rings. The van der Waals surface area contributed by atoms with Gasteiger partial charge in [0.2, 0.25) is 0 Å². The predicted molar refractivity (Wildman–Crippen MR) is 358 cm³/mol. The van der Waals surface area contributed by atoms with Gasteiger partial charge in [-0.3, -0.25) is 14.4 Å². The Morgan fingerprint density at radius 3 is 0.622 bits per heavy atom. The Kier molecular flexibility index (Phi) is 70.0. The second kappa shape index (κ2) is 71.6. The number of ether oxygens (including phenoxy) is 3. The number of rotatable bonds is 71. The molecule has 0 fully saturated rings. The van der Waals surface area contributed by atoms with Crippen LogP contribution in [0.4, 0.5) is 0 Å². The van der Waals surface area contributed by atoms with Gasteiger partial charge in [0.15, 0.2) is 6.10 Å². The fourth-order valence-corrected chi connectivity index (χ4v) is 11.9. The third kappa shape index (κ3) is 68.9. The fourth-order valence-electron chi connectivity index (χ4n) is 11.9. The molecule has 1 unspecified atom stereocenters. The second-order valence-corrected chi connectivity index (χ2v) is 25.9. The van der Waals surface area contributed by atoms with Crippen LogP contribution in [-0.4, -0.2) is 37.2 Å². The van der Waals surface area contributed by atoms with Crippen LogP contribution in [0.5, 0.6) is 0 Å². The van der Waals surface area contributed by atoms with Crippen molar-refractivity contribution in [1.82, 2.24) is 0 Å². The minimum Gasteiger partial charge on any atom is -0.462 e. The van der Waals surface area contributed by atoms with Gasteiger partial charge in [-0.25, -0.2) is 0 Å². The summed E-state index contributed by atoms with van der Waals surface area (Å²) in [6.45, 7) is 6.72. The van der Waals surface area contributed by atoms with Crippen LogP contribution >= 0.6 is 0 Å². The Morgan fingerprint density at radius 1 is 0.232 bits per heavy atom. The molecule has 486 valence electrons. The van der Waals surface area contributed by atoms with E-state index in [9.17, 15) is 14.4 Å². The van der Waals surface area contributed by atoms with Gasteiger partial charge >= 0.3 is 17.9 Å². The van der Waals surface area contributed by atoms with Gasteiger partial charge in [0, 0.05) is 19.3 Å². The highest BCUT2D eigenvalue weighted by molar-refractivity contribution is 5.71. The van der Waals surface area contributed by atoms with Crippen molar-refractivity contribution in [3.05, 3.63) is 12.2 Å². The van der Waals surface area contributed by atoms with Gasteiger partial charge in [0.25, 0.3) is 0 Å². The van der Waals surface area contributed by atoms with E-state index in [2.05, 4.69) is 32.9 Å². The molecule has 0 amide bonds. The summed E-state index contributed by atoms with van der Waals surface area (Å²) < 4.78 is 17.0. The van der Waals surface area contributed by atoms with E-state index < -0.39 is 6.10 Å². The fraction of sp³-hybridized carbons (Fsp3) is 0.934. The highest BCUT2D eigenvalue weighted by Crippen LogP contribution is 2.20. The molecule has 0 saturated heterocycles. The van der Waals surface area contributed by atoms with Crippen LogP contribution in [-0.2, 0) is 28.6 Å². The molecule has 0 rings (SSSR count). The lowest BCUT2D eigenvalue weighted by molar-refractivity contribution is -0.167. The number of carbonyl (C=O) groups is 3. The molecular formula is C76H146O6. The van der Waals surface area contributed by atoms with E-state index in [0.717, 1.165) is 64.2 Å². The highest BCUT2D eigenvalue weighted by Gasteiger charge is 2.20. The molecule has 0 bridgehead atoms. The monoisotopic (exact) mass is 1160 g/mol. The van der Waals surface area contributed by atoms with Crippen LogP contribution in [0.2, 0.25) is 0 Å². The molecule has 82 heavy (non-hydrogen) atoms. The summed E-state index contributed by atoms with van der Waals surface area (Å²) in [7, 11) is 0. The van der Waals surface area contributed by atoms with Gasteiger partial charge in [-0.05, 0) is 44.9 Å². The van der Waals surface area contributed by atoms with Gasteiger partial charge in [0.1, 0.15) is 13.2 Å². The Balaban J connectivity index is 4.17. The number of allylic oxidation sites excluding steroid dienone is 2. The lowest BCUT2D eigenvalue weighted by Gasteiger charge is -2.18. The summed E-state index contributed by atoms with van der Waals surface area (Å²) in [6.07, 6.45) is 87.0. The maximum Gasteiger partial charge on any atom is 0.306 e. The molecule has 0 aliphatic heterocycles. The molecule has 0 saturated carbocycles. The van der Waals surface area contributed by atoms with Gasteiger partial charge in [-0.2, -0.15) is 0 Å². The average molecular weight is 1160 g/mol. The molecule has 0 heterocycles. The van der Waals surface area contributed by atoms with E-state index in [-0.39, 0.29) is 31.1 Å². The van der Waals surface area contributed by atoms with Crippen molar-refractivity contribution >= 4 is 17.9 Å². The molecule has 6 nitrogen and oxygen atoms in total. The van der Waals surface area contributed by atoms with Crippen LogP contribution in [0.3, 0.4) is 0 Å². The molecule has 0 spiro atoms. The van der Waals surface area contributed by atoms with Crippen LogP contribution in [0.25, 0.3) is 0 Å². The molecule has 0 aliphatic carbocycles. The number of esters is 3. The third-order valence-corrected chi connectivity index (χ3v) is 17.5. The first-order chi connectivity index (χ1) is 40.5. The van der Waals surface area contributed by atoms with Crippen molar-refractivity contribution in [3.8, 4) is 0 Å². The van der Waals surface area contributed by atoms with Crippen molar-refractivity contribution in [2.45, 2.75) is 444 Å². The first kappa shape index (κ1) is 80.2. The molecule has 0 aromatic carbocycles. The summed E-state index contributed by atoms with van der Waals surface area (Å²) in [5.74, 6) is -0.837. The van der Waals surface area contributed by atoms with E-state index in [4.69, 9.17) is 14.2 Å². The SMILES string of the molecule is CCCCCC/C=C\CCCCCCCC(=O)OCC(COC(=O)CCCCCCCCCCCCCCCCCCCCCCCCCCCCC)OC(=O)CCCCCCCCCCCCCCCCCCCCCCCCCC. The predicted octanol–water partition coefficient (Wildman–Crippen LogP) is 26.0. The minimum atomic E-state index is -0.770. The van der Waals surface area contributed by atoms with Gasteiger partial charge in [0.05, 0.1) is 0 Å². The summed E-state index contributed by atoms with van der Waals surface area (Å²) >= 11 is 0. The number of unbranched alkanes of at least 4 members (excludes halogenated alkanes) is 58. The standard InChI is InChI=1S/C76H146O6/c1-4-7-10-13-16-19-22-25-27-29-31-33-35-37-38-39-41-42-44-46-48-51-54-57-60-63-66-69-75(78)81-72-73(71-80-74(77)68-65-62-59-56-53-50-24-21-18-15-12-9-6-3)82-76(79)70-67-64-61-58-55-52-49-47-45-43-40-36-34-32-30-28-26-23-20-17-14-11-8-5-2/h21,24,73H,4-20,22-23,25-72H2,1-3H3/b24-21-. The molecule has 0 aromatic heterocycles. The number of hydrogen-bond acceptors (Lipinski definition) is 6. The normalized spacial score (nSPS) is 12.0. The summed E-state index contributed by atoms with van der Waals surface area (Å²) in [4.78, 5) is 38.5. The number of hydrogen-bond donors (Lipinski definition) is 0. The van der Waals surface area contributed by atoms with E-state index in [1.807, 2.05) is 0 Å². The Bertz CT molecular complexity index is 1280. The number of carbonyl (C=O) groups excluding carboxylic acids is 3. The van der Waals surface area contributed by atoms with Crippen LogP contribution in [0, 0.1) is 0 Å². The van der Waals surface area contributed by atoms with Crippen molar-refractivity contribution in [2.75, 3.05) is 13.2 Å². The zero-order valence-electron chi connectivity index (χ0n) is 56.1. The Hall–Kier alpha value is -1.85. The zero-order chi connectivity index (χ0) is 59.2. The molecule has 6 heteroatoms. The molecule has 0 aromatic rings. The lowest BCUT2D eigenvalue weighted by atomic mass is 10.0. The summed E-state index contributed by atoms with van der Waals surface area (Å²) in [6, 6.07) is 0. The summed E-state index contributed by atoms with van der Waals surface area (Å²) in [5.41, 5.74) is 0. The van der Waals surface area contributed by atoms with Gasteiger partial charge in [-0.1, -0.05) is 386 Å². The second-order valence-electron chi connectivity index (χ2n) is 25.9. The van der Waals surface area contributed by atoms with Crippen molar-refractivity contribution in [2.24, 2.45) is 0 Å². The third-order valence-electron chi connectivity index (χ3n) is 17.5. The van der Waals surface area contributed by atoms with E-state index >= 15 is 0 Å². The van der Waals surface area contributed by atoms with Crippen molar-refractivity contribution in [1.29, 1.82) is 0 Å². The topological polar surface area (TPSA) is 78.9 Å². The van der Waals surface area contributed by atoms with Crippen molar-refractivity contribution < 1.29 is 28.6 Å². The smallest absolute Gasteiger partial charge is 0.306 e. The molecule has 0 N–H and O–H groups in total. The summed E-state index contributed by atoms with van der Waals surface area (Å²) in [5, 5.41) is 0. The maximum absolute atomic E-state index is 13.0. The largest absolute Gasteiger partial charge is 0.462 e. The highest BCUT2D eigenvalue weighted by atomic mass is 16.6. The van der Waals surface area contributed by atoms with E-state index in [1.54, 1.807) is 0 Å². The van der Waals surface area contributed by atoms with Crippen LogP contribution < -0.4 is 0 Å². The van der Waals surface area contributed by atoms with Gasteiger partial charge in [-0.15, -0.1) is 0 Å². The molecular weight excluding hydrogens is 1010 g/mol. The Labute approximate surface area is 513 Å². The van der Waals surface area contributed by atoms with Gasteiger partial charge < -0.3 is 14.2 Å². The van der Waals surface area contributed by atoms with E-state index in [0.29, 0.717) is 19.3 Å². The minimum absolute atomic E-state index is 0.0655. The van der Waals surface area contributed by atoms with Crippen LogP contribution in [0.15, 0.2) is 12.2 Å². The lowest BCUT2D eigenvalue weighted by Crippen LogP contribution is -2.30. The quantitative estimate of drug-likeness (QED) is 0.0261. The van der Waals surface area contributed by atoms with Crippen LogP contribution in [0.1, 0.15) is 438 Å². The van der Waals surface area contributed by atoms with E-state index in [1.165, 1.54) is 334 Å². The first-order valence-electron chi connectivity index (χ1n) is 37.7. The molecule has 0 radical (unpaired) electrons. The zero-order valence-corrected chi connectivity index (χ0v) is 56.1. The maximum atomic E-state index is 13.0.